The van der Waals surface area contributed by atoms with Gasteiger partial charge >= 0.3 is 0 Å². The Morgan fingerprint density at radius 1 is 1.42 bits per heavy atom. The first-order valence-electron chi connectivity index (χ1n) is 4.63. The molecule has 0 radical (unpaired) electrons. The van der Waals surface area contributed by atoms with Gasteiger partial charge in [0.2, 0.25) is 0 Å². The number of nitrogens with one attached hydrogen (secondary N) is 1. The van der Waals surface area contributed by atoms with Crippen molar-refractivity contribution in [3.63, 3.8) is 0 Å². The number of nitrogens with zero attached hydrogens (tertiary/aromatic N) is 1. The summed E-state index contributed by atoms with van der Waals surface area (Å²) < 4.78 is 5.25. The monoisotopic (exact) mass is 166 g/mol. The molecule has 0 aromatic carbocycles. The van der Waals surface area contributed by atoms with Crippen molar-refractivity contribution in [2.75, 3.05) is 13.2 Å². The van der Waals surface area contributed by atoms with Gasteiger partial charge in [-0.2, -0.15) is 5.26 Å². The first kappa shape index (κ1) is 8.03. The van der Waals surface area contributed by atoms with Crippen LogP contribution < -0.4 is 5.32 Å². The van der Waals surface area contributed by atoms with Crippen molar-refractivity contribution >= 4 is 0 Å². The Morgan fingerprint density at radius 2 is 2.25 bits per heavy atom. The second-order valence-electron chi connectivity index (χ2n) is 3.67. The van der Waals surface area contributed by atoms with Crippen LogP contribution in [0, 0.1) is 17.2 Å². The van der Waals surface area contributed by atoms with Gasteiger partial charge in [-0.15, -0.1) is 0 Å². The summed E-state index contributed by atoms with van der Waals surface area (Å²) in [5.74, 6) is 0.426. The summed E-state index contributed by atoms with van der Waals surface area (Å²) in [5.41, 5.74) is 0. The average Bonchev–Trinajstić information content (AvgIpc) is 2.74. The minimum atomic E-state index is 0.0278. The molecule has 2 fully saturated rings. The van der Waals surface area contributed by atoms with Crippen LogP contribution in [0.25, 0.3) is 0 Å². The smallest absolute Gasteiger partial charge is 0.101 e. The van der Waals surface area contributed by atoms with Gasteiger partial charge in [0.15, 0.2) is 0 Å². The largest absolute Gasteiger partial charge is 0.381 e. The fourth-order valence-electron chi connectivity index (χ4n) is 1.60. The van der Waals surface area contributed by atoms with Crippen LogP contribution in [0.5, 0.6) is 0 Å². The number of nitriles is 1. The van der Waals surface area contributed by atoms with Crippen LogP contribution >= 0.6 is 0 Å². The highest BCUT2D eigenvalue weighted by atomic mass is 16.5. The molecule has 1 saturated heterocycles. The fraction of sp³-hybridized carbons (Fsp3) is 0.889. The molecule has 2 rings (SSSR count). The topological polar surface area (TPSA) is 45.0 Å². The molecular weight excluding hydrogens is 152 g/mol. The summed E-state index contributed by atoms with van der Waals surface area (Å²) >= 11 is 0. The lowest BCUT2D eigenvalue weighted by molar-refractivity contribution is 0.181. The van der Waals surface area contributed by atoms with Gasteiger partial charge in [-0.3, -0.25) is 5.32 Å². The standard InChI is InChI=1S/C9H14N2O/c10-5-9(11-8-1-2-8)7-3-4-12-6-7/h7-9,11H,1-4,6H2. The predicted molar refractivity (Wildman–Crippen MR) is 44.5 cm³/mol. The zero-order chi connectivity index (χ0) is 8.39. The van der Waals surface area contributed by atoms with Crippen molar-refractivity contribution in [2.45, 2.75) is 31.3 Å². The van der Waals surface area contributed by atoms with Crippen LogP contribution in [0.3, 0.4) is 0 Å². The summed E-state index contributed by atoms with van der Waals surface area (Å²) in [4.78, 5) is 0. The first-order chi connectivity index (χ1) is 5.90. The van der Waals surface area contributed by atoms with Crippen molar-refractivity contribution in [1.82, 2.24) is 5.32 Å². The fourth-order valence-corrected chi connectivity index (χ4v) is 1.60. The Balaban J connectivity index is 1.83. The van der Waals surface area contributed by atoms with E-state index in [0.29, 0.717) is 12.0 Å². The third-order valence-corrected chi connectivity index (χ3v) is 2.57. The third-order valence-electron chi connectivity index (χ3n) is 2.57. The van der Waals surface area contributed by atoms with E-state index < -0.39 is 0 Å². The van der Waals surface area contributed by atoms with Crippen molar-refractivity contribution in [3.8, 4) is 6.07 Å². The van der Waals surface area contributed by atoms with E-state index in [2.05, 4.69) is 11.4 Å². The van der Waals surface area contributed by atoms with Gasteiger partial charge < -0.3 is 4.74 Å². The third kappa shape index (κ3) is 1.77. The molecule has 2 unspecified atom stereocenters. The summed E-state index contributed by atoms with van der Waals surface area (Å²) in [5, 5.41) is 12.2. The molecule has 3 heteroatoms. The Bertz CT molecular complexity index is 189. The second-order valence-corrected chi connectivity index (χ2v) is 3.67. The van der Waals surface area contributed by atoms with Gasteiger partial charge in [0.1, 0.15) is 6.04 Å². The summed E-state index contributed by atoms with van der Waals surface area (Å²) in [6, 6.07) is 2.97. The Morgan fingerprint density at radius 3 is 2.75 bits per heavy atom. The molecular formula is C9H14N2O. The number of hydrogen-bond donors (Lipinski definition) is 1. The van der Waals surface area contributed by atoms with E-state index in [0.717, 1.165) is 19.6 Å². The van der Waals surface area contributed by atoms with E-state index in [1.165, 1.54) is 12.8 Å². The second kappa shape index (κ2) is 3.42. The van der Waals surface area contributed by atoms with E-state index in [9.17, 15) is 0 Å². The lowest BCUT2D eigenvalue weighted by atomic mass is 10.0. The Labute approximate surface area is 72.7 Å². The van der Waals surface area contributed by atoms with Gasteiger partial charge in [-0.25, -0.2) is 0 Å². The van der Waals surface area contributed by atoms with E-state index in [1.54, 1.807) is 0 Å². The quantitative estimate of drug-likeness (QED) is 0.670. The molecule has 2 aliphatic rings. The van der Waals surface area contributed by atoms with Crippen molar-refractivity contribution in [3.05, 3.63) is 0 Å². The van der Waals surface area contributed by atoms with Crippen LogP contribution in [0.4, 0.5) is 0 Å². The molecule has 0 aromatic heterocycles. The van der Waals surface area contributed by atoms with Gasteiger partial charge in [-0.05, 0) is 19.3 Å². The first-order valence-corrected chi connectivity index (χ1v) is 4.63. The molecule has 0 amide bonds. The molecule has 2 atom stereocenters. The van der Waals surface area contributed by atoms with E-state index in [-0.39, 0.29) is 6.04 Å². The van der Waals surface area contributed by atoms with Crippen LogP contribution in [0.2, 0.25) is 0 Å². The average molecular weight is 166 g/mol. The molecule has 1 aliphatic carbocycles. The van der Waals surface area contributed by atoms with E-state index in [1.807, 2.05) is 0 Å². The molecule has 0 spiro atoms. The minimum absolute atomic E-state index is 0.0278. The molecule has 0 aromatic rings. The maximum absolute atomic E-state index is 8.90. The summed E-state index contributed by atoms with van der Waals surface area (Å²) in [6.07, 6.45) is 3.52. The molecule has 1 saturated carbocycles. The number of ether oxygens (including phenoxy) is 1. The zero-order valence-corrected chi connectivity index (χ0v) is 7.12. The van der Waals surface area contributed by atoms with Gasteiger partial charge in [0.05, 0.1) is 12.7 Å². The van der Waals surface area contributed by atoms with E-state index in [4.69, 9.17) is 10.00 Å². The van der Waals surface area contributed by atoms with Crippen LogP contribution in [-0.4, -0.2) is 25.3 Å². The zero-order valence-electron chi connectivity index (χ0n) is 7.12. The van der Waals surface area contributed by atoms with Crippen LogP contribution in [-0.2, 0) is 4.74 Å². The van der Waals surface area contributed by atoms with Crippen molar-refractivity contribution < 1.29 is 4.74 Å². The molecule has 1 aliphatic heterocycles. The van der Waals surface area contributed by atoms with Gasteiger partial charge in [0, 0.05) is 18.6 Å². The summed E-state index contributed by atoms with van der Waals surface area (Å²) in [7, 11) is 0. The van der Waals surface area contributed by atoms with Crippen LogP contribution in [0.1, 0.15) is 19.3 Å². The van der Waals surface area contributed by atoms with Crippen molar-refractivity contribution in [1.29, 1.82) is 5.26 Å². The summed E-state index contributed by atoms with van der Waals surface area (Å²) in [6.45, 7) is 1.59. The van der Waals surface area contributed by atoms with Crippen molar-refractivity contribution in [2.24, 2.45) is 5.92 Å². The molecule has 12 heavy (non-hydrogen) atoms. The molecule has 1 N–H and O–H groups in total. The SMILES string of the molecule is N#CC(NC1CC1)C1CCOC1. The van der Waals surface area contributed by atoms with Crippen LogP contribution in [0.15, 0.2) is 0 Å². The maximum atomic E-state index is 8.90. The predicted octanol–water partition coefficient (Wildman–Crippen LogP) is 0.667. The highest BCUT2D eigenvalue weighted by Gasteiger charge is 2.31. The van der Waals surface area contributed by atoms with E-state index >= 15 is 0 Å². The highest BCUT2D eigenvalue weighted by molar-refractivity contribution is 5.00. The maximum Gasteiger partial charge on any atom is 0.101 e. The molecule has 3 nitrogen and oxygen atoms in total. The Hall–Kier alpha value is -0.590. The molecule has 1 heterocycles. The number of rotatable bonds is 3. The Kier molecular flexibility index (Phi) is 2.29. The number of hydrogen-bond acceptors (Lipinski definition) is 3. The lowest BCUT2D eigenvalue weighted by Crippen LogP contribution is -2.36. The molecule has 0 bridgehead atoms. The normalized spacial score (nSPS) is 31.4. The highest BCUT2D eigenvalue weighted by Crippen LogP contribution is 2.23. The van der Waals surface area contributed by atoms with Gasteiger partial charge in [0.25, 0.3) is 0 Å². The lowest BCUT2D eigenvalue weighted by Gasteiger charge is -2.15. The van der Waals surface area contributed by atoms with Gasteiger partial charge in [-0.1, -0.05) is 0 Å². The molecule has 66 valence electrons. The minimum Gasteiger partial charge on any atom is -0.381 e.